The molecule has 0 fully saturated rings. The minimum absolute atomic E-state index is 0.00386. The van der Waals surface area contributed by atoms with Crippen LogP contribution in [0.2, 0.25) is 5.02 Å². The van der Waals surface area contributed by atoms with Crippen LogP contribution in [-0.2, 0) is 4.79 Å². The molecule has 1 unspecified atom stereocenters. The summed E-state index contributed by atoms with van der Waals surface area (Å²) >= 11 is 5.67. The van der Waals surface area contributed by atoms with Gasteiger partial charge in [-0.05, 0) is 25.1 Å². The molecule has 6 heteroatoms. The van der Waals surface area contributed by atoms with E-state index in [1.165, 1.54) is 29.1 Å². The summed E-state index contributed by atoms with van der Waals surface area (Å²) in [5.74, 6) is -2.08. The Morgan fingerprint density at radius 1 is 1.56 bits per heavy atom. The average molecular weight is 269 g/mol. The zero-order valence-electron chi connectivity index (χ0n) is 9.47. The molecule has 2 rings (SSSR count). The first-order chi connectivity index (χ1) is 8.49. The van der Waals surface area contributed by atoms with Crippen molar-refractivity contribution in [3.8, 4) is 5.69 Å². The lowest BCUT2D eigenvalue weighted by atomic mass is 10.1. The number of aromatic nitrogens is 2. The quantitative estimate of drug-likeness (QED) is 0.931. The van der Waals surface area contributed by atoms with Crippen LogP contribution in [0, 0.1) is 5.82 Å². The molecule has 0 bridgehead atoms. The first-order valence-corrected chi connectivity index (χ1v) is 5.59. The van der Waals surface area contributed by atoms with Crippen molar-refractivity contribution in [1.29, 1.82) is 0 Å². The van der Waals surface area contributed by atoms with Crippen molar-refractivity contribution >= 4 is 17.6 Å². The zero-order valence-corrected chi connectivity index (χ0v) is 10.2. The Hall–Kier alpha value is -1.88. The predicted octanol–water partition coefficient (Wildman–Crippen LogP) is 2.85. The maximum Gasteiger partial charge on any atom is 0.310 e. The van der Waals surface area contributed by atoms with E-state index in [4.69, 9.17) is 16.7 Å². The standard InChI is InChI=1S/C12H10ClFN2O2/c1-7(12(17)18)8-5-15-16(6-8)9-2-3-11(14)10(13)4-9/h2-7H,1H3,(H,17,18). The number of carboxylic acids is 1. The van der Waals surface area contributed by atoms with Crippen LogP contribution < -0.4 is 0 Å². The Balaban J connectivity index is 2.35. The summed E-state index contributed by atoms with van der Waals surface area (Å²) in [6.07, 6.45) is 3.05. The molecular weight excluding hydrogens is 259 g/mol. The third-order valence-corrected chi connectivity index (χ3v) is 2.93. The lowest BCUT2D eigenvalue weighted by Crippen LogP contribution is -2.06. The van der Waals surface area contributed by atoms with Gasteiger partial charge in [-0.1, -0.05) is 11.6 Å². The summed E-state index contributed by atoms with van der Waals surface area (Å²) in [7, 11) is 0. The Morgan fingerprint density at radius 2 is 2.28 bits per heavy atom. The fraction of sp³-hybridized carbons (Fsp3) is 0.167. The van der Waals surface area contributed by atoms with Gasteiger partial charge in [-0.3, -0.25) is 4.79 Å². The lowest BCUT2D eigenvalue weighted by molar-refractivity contribution is -0.138. The van der Waals surface area contributed by atoms with Crippen molar-refractivity contribution in [2.75, 3.05) is 0 Å². The van der Waals surface area contributed by atoms with Gasteiger partial charge in [-0.2, -0.15) is 5.10 Å². The zero-order chi connectivity index (χ0) is 13.3. The number of carboxylic acid groups (broad SMARTS) is 1. The van der Waals surface area contributed by atoms with Gasteiger partial charge in [0.2, 0.25) is 0 Å². The Bertz CT molecular complexity index is 598. The molecular formula is C12H10ClFN2O2. The molecule has 1 N–H and O–H groups in total. The minimum atomic E-state index is -0.924. The number of rotatable bonds is 3. The first-order valence-electron chi connectivity index (χ1n) is 5.22. The highest BCUT2D eigenvalue weighted by Gasteiger charge is 2.16. The summed E-state index contributed by atoms with van der Waals surface area (Å²) in [5.41, 5.74) is 1.15. The van der Waals surface area contributed by atoms with Crippen LogP contribution in [0.1, 0.15) is 18.4 Å². The van der Waals surface area contributed by atoms with Gasteiger partial charge in [0.05, 0.1) is 22.8 Å². The van der Waals surface area contributed by atoms with Gasteiger partial charge >= 0.3 is 5.97 Å². The second kappa shape index (κ2) is 4.78. The topological polar surface area (TPSA) is 55.1 Å². The molecule has 0 saturated heterocycles. The third-order valence-electron chi connectivity index (χ3n) is 2.64. The van der Waals surface area contributed by atoms with Gasteiger partial charge in [-0.25, -0.2) is 9.07 Å². The molecule has 0 aliphatic rings. The second-order valence-electron chi connectivity index (χ2n) is 3.88. The van der Waals surface area contributed by atoms with Gasteiger partial charge in [-0.15, -0.1) is 0 Å². The second-order valence-corrected chi connectivity index (χ2v) is 4.28. The summed E-state index contributed by atoms with van der Waals surface area (Å²) in [5, 5.41) is 12.9. The van der Waals surface area contributed by atoms with E-state index in [9.17, 15) is 9.18 Å². The van der Waals surface area contributed by atoms with Crippen molar-refractivity contribution in [2.45, 2.75) is 12.8 Å². The van der Waals surface area contributed by atoms with Gasteiger partial charge < -0.3 is 5.11 Å². The summed E-state index contributed by atoms with van der Waals surface area (Å²) in [6.45, 7) is 1.57. The fourth-order valence-corrected chi connectivity index (χ4v) is 1.65. The monoisotopic (exact) mass is 268 g/mol. The predicted molar refractivity (Wildman–Crippen MR) is 64.6 cm³/mol. The molecule has 2 aromatic rings. The van der Waals surface area contributed by atoms with Crippen LogP contribution in [0.4, 0.5) is 4.39 Å². The molecule has 0 saturated carbocycles. The molecule has 4 nitrogen and oxygen atoms in total. The van der Waals surface area contributed by atoms with E-state index in [2.05, 4.69) is 5.10 Å². The third kappa shape index (κ3) is 2.36. The summed E-state index contributed by atoms with van der Waals surface area (Å²) < 4.78 is 14.5. The van der Waals surface area contributed by atoms with E-state index in [0.29, 0.717) is 11.3 Å². The SMILES string of the molecule is CC(C(=O)O)c1cnn(-c2ccc(F)c(Cl)c2)c1. The van der Waals surface area contributed by atoms with Crippen molar-refractivity contribution < 1.29 is 14.3 Å². The van der Waals surface area contributed by atoms with Crippen LogP contribution in [0.5, 0.6) is 0 Å². The molecule has 0 radical (unpaired) electrons. The fourth-order valence-electron chi connectivity index (χ4n) is 1.47. The molecule has 0 spiro atoms. The van der Waals surface area contributed by atoms with Crippen molar-refractivity contribution in [3.63, 3.8) is 0 Å². The Kier molecular flexibility index (Phi) is 3.34. The Labute approximate surface area is 108 Å². The van der Waals surface area contributed by atoms with Crippen LogP contribution >= 0.6 is 11.6 Å². The van der Waals surface area contributed by atoms with Crippen molar-refractivity contribution in [1.82, 2.24) is 9.78 Å². The van der Waals surface area contributed by atoms with Crippen LogP contribution in [-0.4, -0.2) is 20.9 Å². The van der Waals surface area contributed by atoms with Crippen molar-refractivity contribution in [2.24, 2.45) is 0 Å². The highest BCUT2D eigenvalue weighted by atomic mass is 35.5. The molecule has 0 amide bonds. The first kappa shape index (κ1) is 12.6. The molecule has 1 atom stereocenters. The lowest BCUT2D eigenvalue weighted by Gasteiger charge is -2.03. The van der Waals surface area contributed by atoms with Gasteiger partial charge in [0.25, 0.3) is 0 Å². The van der Waals surface area contributed by atoms with E-state index in [1.54, 1.807) is 13.1 Å². The molecule has 1 aromatic heterocycles. The number of hydrogen-bond acceptors (Lipinski definition) is 2. The van der Waals surface area contributed by atoms with E-state index in [0.717, 1.165) is 0 Å². The summed E-state index contributed by atoms with van der Waals surface area (Å²) in [4.78, 5) is 10.8. The van der Waals surface area contributed by atoms with Gasteiger partial charge in [0.15, 0.2) is 0 Å². The highest BCUT2D eigenvalue weighted by Crippen LogP contribution is 2.20. The average Bonchev–Trinajstić information content (AvgIpc) is 2.81. The molecule has 18 heavy (non-hydrogen) atoms. The van der Waals surface area contributed by atoms with Gasteiger partial charge in [0, 0.05) is 11.8 Å². The van der Waals surface area contributed by atoms with Crippen LogP contribution in [0.3, 0.4) is 0 Å². The number of halogens is 2. The Morgan fingerprint density at radius 3 is 2.89 bits per heavy atom. The minimum Gasteiger partial charge on any atom is -0.481 e. The maximum atomic E-state index is 13.0. The molecule has 1 aromatic carbocycles. The van der Waals surface area contributed by atoms with Gasteiger partial charge in [0.1, 0.15) is 5.82 Å². The number of carbonyl (C=O) groups is 1. The normalized spacial score (nSPS) is 12.4. The number of benzene rings is 1. The number of hydrogen-bond donors (Lipinski definition) is 1. The van der Waals surface area contributed by atoms with E-state index in [1.807, 2.05) is 0 Å². The number of aliphatic carboxylic acids is 1. The van der Waals surface area contributed by atoms with Crippen LogP contribution in [0.25, 0.3) is 5.69 Å². The summed E-state index contributed by atoms with van der Waals surface area (Å²) in [6, 6.07) is 4.18. The molecule has 1 heterocycles. The van der Waals surface area contributed by atoms with E-state index in [-0.39, 0.29) is 5.02 Å². The smallest absolute Gasteiger partial charge is 0.310 e. The maximum absolute atomic E-state index is 13.0. The molecule has 94 valence electrons. The van der Waals surface area contributed by atoms with E-state index >= 15 is 0 Å². The van der Waals surface area contributed by atoms with Crippen LogP contribution in [0.15, 0.2) is 30.6 Å². The molecule has 0 aliphatic heterocycles. The number of nitrogens with zero attached hydrogens (tertiary/aromatic N) is 2. The van der Waals surface area contributed by atoms with Crippen molar-refractivity contribution in [3.05, 3.63) is 47.0 Å². The largest absolute Gasteiger partial charge is 0.481 e. The van der Waals surface area contributed by atoms with E-state index < -0.39 is 17.7 Å². The highest BCUT2D eigenvalue weighted by molar-refractivity contribution is 6.30. The molecule has 0 aliphatic carbocycles.